The molecule has 0 radical (unpaired) electrons. The van der Waals surface area contributed by atoms with Crippen LogP contribution in [-0.2, 0) is 0 Å². The number of hydrogen-bond donors (Lipinski definition) is 2. The maximum Gasteiger partial charge on any atom is 0.174 e. The number of anilines is 1. The van der Waals surface area contributed by atoms with E-state index in [1.165, 1.54) is 0 Å². The van der Waals surface area contributed by atoms with Crippen LogP contribution in [0.3, 0.4) is 0 Å². The lowest BCUT2D eigenvalue weighted by Crippen LogP contribution is -2.30. The van der Waals surface area contributed by atoms with Crippen molar-refractivity contribution in [2.24, 2.45) is 15.2 Å². The summed E-state index contributed by atoms with van der Waals surface area (Å²) in [5.74, 6) is 1.73. The number of fused-ring (bicyclic) bond motifs is 1. The van der Waals surface area contributed by atoms with Gasteiger partial charge in [0.1, 0.15) is 11.5 Å². The summed E-state index contributed by atoms with van der Waals surface area (Å²) < 4.78 is 0. The first-order chi connectivity index (χ1) is 12.3. The molecule has 4 rings (SSSR count). The molecule has 0 unspecified atom stereocenters. The molecule has 25 heavy (non-hydrogen) atoms. The fourth-order valence-corrected chi connectivity index (χ4v) is 2.68. The van der Waals surface area contributed by atoms with E-state index in [2.05, 4.69) is 30.5 Å². The van der Waals surface area contributed by atoms with Crippen LogP contribution in [0, 0.1) is 0 Å². The topological polar surface area (TPSA) is 101 Å². The minimum atomic E-state index is 0.347. The lowest BCUT2D eigenvalue weighted by molar-refractivity contribution is 0.742. The standard InChI is InChI=1S/C18H17N7/c19-17-16(14-5-2-1-4-12(14)10-23-17)25-24-15-7-6-13(11-22-15)18-20-8-3-9-21-18/h1-2,4-7,10-11H,3,8-9H2,(H2,19,23)(H,20,21)/b25-24+. The zero-order valence-electron chi connectivity index (χ0n) is 13.6. The second kappa shape index (κ2) is 6.64. The average molecular weight is 331 g/mol. The van der Waals surface area contributed by atoms with Crippen LogP contribution in [0.1, 0.15) is 12.0 Å². The van der Waals surface area contributed by atoms with Crippen LogP contribution in [0.5, 0.6) is 0 Å². The minimum absolute atomic E-state index is 0.347. The number of nitrogen functional groups attached to an aromatic ring is 1. The van der Waals surface area contributed by atoms with Gasteiger partial charge in [-0.05, 0) is 18.6 Å². The Morgan fingerprint density at radius 1 is 1.00 bits per heavy atom. The van der Waals surface area contributed by atoms with Gasteiger partial charge in [0.25, 0.3) is 0 Å². The maximum atomic E-state index is 5.96. The van der Waals surface area contributed by atoms with Crippen LogP contribution in [0.15, 0.2) is 64.0 Å². The highest BCUT2D eigenvalue weighted by atomic mass is 15.2. The minimum Gasteiger partial charge on any atom is -0.382 e. The predicted molar refractivity (Wildman–Crippen MR) is 98.6 cm³/mol. The Bertz CT molecular complexity index is 961. The van der Waals surface area contributed by atoms with Gasteiger partial charge in [-0.15, -0.1) is 10.2 Å². The van der Waals surface area contributed by atoms with E-state index in [-0.39, 0.29) is 0 Å². The van der Waals surface area contributed by atoms with E-state index in [0.717, 1.165) is 41.7 Å². The highest BCUT2D eigenvalue weighted by Gasteiger charge is 2.08. The van der Waals surface area contributed by atoms with Gasteiger partial charge in [0.05, 0.1) is 0 Å². The molecule has 1 aliphatic rings. The number of aliphatic imine (C=N–C) groups is 1. The molecule has 1 aliphatic heterocycles. The van der Waals surface area contributed by atoms with Gasteiger partial charge in [0.15, 0.2) is 11.6 Å². The molecule has 1 aromatic carbocycles. The molecule has 0 bridgehead atoms. The SMILES string of the molecule is Nc1ncc2ccccc2c1/N=N/c1ccc(C2=NCCCN2)cn1. The summed E-state index contributed by atoms with van der Waals surface area (Å²) in [5, 5.41) is 13.6. The van der Waals surface area contributed by atoms with E-state index in [1.54, 1.807) is 12.4 Å². The summed E-state index contributed by atoms with van der Waals surface area (Å²) in [7, 11) is 0. The van der Waals surface area contributed by atoms with Crippen molar-refractivity contribution in [3.63, 3.8) is 0 Å². The molecule has 3 aromatic rings. The largest absolute Gasteiger partial charge is 0.382 e. The number of azo groups is 1. The molecule has 3 N–H and O–H groups in total. The van der Waals surface area contributed by atoms with Gasteiger partial charge < -0.3 is 11.1 Å². The van der Waals surface area contributed by atoms with Crippen molar-refractivity contribution in [1.29, 1.82) is 0 Å². The van der Waals surface area contributed by atoms with Gasteiger partial charge >= 0.3 is 0 Å². The molecule has 124 valence electrons. The Balaban J connectivity index is 1.62. The fraction of sp³-hybridized carbons (Fsp3) is 0.167. The lowest BCUT2D eigenvalue weighted by atomic mass is 10.1. The first kappa shape index (κ1) is 15.2. The van der Waals surface area contributed by atoms with Crippen molar-refractivity contribution < 1.29 is 0 Å². The van der Waals surface area contributed by atoms with Crippen molar-refractivity contribution in [3.05, 3.63) is 54.4 Å². The van der Waals surface area contributed by atoms with Gasteiger partial charge in [-0.2, -0.15) is 0 Å². The van der Waals surface area contributed by atoms with Crippen LogP contribution >= 0.6 is 0 Å². The number of pyridine rings is 2. The molecule has 3 heterocycles. The number of amidine groups is 1. The number of nitrogens with zero attached hydrogens (tertiary/aromatic N) is 5. The fourth-order valence-electron chi connectivity index (χ4n) is 2.68. The Labute approximate surface area is 144 Å². The Hall–Kier alpha value is -3.35. The smallest absolute Gasteiger partial charge is 0.174 e. The summed E-state index contributed by atoms with van der Waals surface area (Å²) >= 11 is 0. The number of aromatic nitrogens is 2. The molecule has 0 atom stereocenters. The van der Waals surface area contributed by atoms with Gasteiger partial charge in [0.2, 0.25) is 0 Å². The quantitative estimate of drug-likeness (QED) is 0.718. The molecular weight excluding hydrogens is 314 g/mol. The monoisotopic (exact) mass is 331 g/mol. The number of rotatable bonds is 3. The Morgan fingerprint density at radius 2 is 1.92 bits per heavy atom. The molecule has 0 saturated heterocycles. The zero-order valence-corrected chi connectivity index (χ0v) is 13.6. The third-order valence-electron chi connectivity index (χ3n) is 3.97. The summed E-state index contributed by atoms with van der Waals surface area (Å²) in [6.07, 6.45) is 4.54. The molecule has 0 spiro atoms. The van der Waals surface area contributed by atoms with E-state index in [4.69, 9.17) is 5.73 Å². The van der Waals surface area contributed by atoms with Crippen LogP contribution < -0.4 is 11.1 Å². The zero-order chi connectivity index (χ0) is 17.1. The van der Waals surface area contributed by atoms with Crippen LogP contribution in [0.2, 0.25) is 0 Å². The van der Waals surface area contributed by atoms with Crippen molar-refractivity contribution in [2.75, 3.05) is 18.8 Å². The van der Waals surface area contributed by atoms with Crippen LogP contribution in [0.25, 0.3) is 10.8 Å². The molecule has 7 heteroatoms. The molecule has 7 nitrogen and oxygen atoms in total. The Morgan fingerprint density at radius 3 is 2.72 bits per heavy atom. The highest BCUT2D eigenvalue weighted by Crippen LogP contribution is 2.31. The first-order valence-electron chi connectivity index (χ1n) is 8.11. The van der Waals surface area contributed by atoms with Crippen LogP contribution in [0.4, 0.5) is 17.3 Å². The van der Waals surface area contributed by atoms with E-state index in [1.807, 2.05) is 36.4 Å². The summed E-state index contributed by atoms with van der Waals surface area (Å²) in [5.41, 5.74) is 7.47. The van der Waals surface area contributed by atoms with E-state index in [9.17, 15) is 0 Å². The molecular formula is C18H17N7. The van der Waals surface area contributed by atoms with Crippen molar-refractivity contribution >= 4 is 33.9 Å². The molecule has 0 aliphatic carbocycles. The Kier molecular flexibility index (Phi) is 4.04. The summed E-state index contributed by atoms with van der Waals surface area (Å²) in [6.45, 7) is 1.78. The summed E-state index contributed by atoms with van der Waals surface area (Å²) in [6, 6.07) is 11.5. The number of nitrogens with one attached hydrogen (secondary N) is 1. The van der Waals surface area contributed by atoms with E-state index >= 15 is 0 Å². The molecule has 0 fully saturated rings. The third-order valence-corrected chi connectivity index (χ3v) is 3.97. The van der Waals surface area contributed by atoms with Gasteiger partial charge in [-0.25, -0.2) is 9.97 Å². The van der Waals surface area contributed by atoms with Gasteiger partial charge in [0, 0.05) is 41.8 Å². The van der Waals surface area contributed by atoms with Gasteiger partial charge in [-0.1, -0.05) is 24.3 Å². The second-order valence-corrected chi connectivity index (χ2v) is 5.70. The number of nitrogens with two attached hydrogens (primary N) is 1. The van der Waals surface area contributed by atoms with Crippen LogP contribution in [-0.4, -0.2) is 28.9 Å². The number of hydrogen-bond acceptors (Lipinski definition) is 7. The lowest BCUT2D eigenvalue weighted by Gasteiger charge is -2.14. The normalized spacial score (nSPS) is 14.5. The second-order valence-electron chi connectivity index (χ2n) is 5.70. The molecule has 0 saturated carbocycles. The van der Waals surface area contributed by atoms with Gasteiger partial charge in [-0.3, -0.25) is 4.99 Å². The highest BCUT2D eigenvalue weighted by molar-refractivity contribution is 5.99. The van der Waals surface area contributed by atoms with Crippen molar-refractivity contribution in [3.8, 4) is 0 Å². The van der Waals surface area contributed by atoms with Crippen molar-refractivity contribution in [2.45, 2.75) is 6.42 Å². The predicted octanol–water partition coefficient (Wildman–Crippen LogP) is 3.37. The summed E-state index contributed by atoms with van der Waals surface area (Å²) in [4.78, 5) is 13.0. The molecule has 2 aromatic heterocycles. The number of benzene rings is 1. The first-order valence-corrected chi connectivity index (χ1v) is 8.11. The van der Waals surface area contributed by atoms with E-state index < -0.39 is 0 Å². The molecule has 0 amide bonds. The van der Waals surface area contributed by atoms with E-state index in [0.29, 0.717) is 17.3 Å². The van der Waals surface area contributed by atoms with Crippen molar-refractivity contribution in [1.82, 2.24) is 15.3 Å². The maximum absolute atomic E-state index is 5.96. The average Bonchev–Trinajstić information content (AvgIpc) is 2.68. The third kappa shape index (κ3) is 3.16.